The normalized spacial score (nSPS) is 28.8. The second-order valence-corrected chi connectivity index (χ2v) is 7.42. The first-order chi connectivity index (χ1) is 12.1. The third-order valence-electron chi connectivity index (χ3n) is 5.92. The maximum absolute atomic E-state index is 11.6. The third-order valence-corrected chi connectivity index (χ3v) is 5.92. The first-order valence-corrected chi connectivity index (χ1v) is 8.96. The van der Waals surface area contributed by atoms with E-state index in [2.05, 4.69) is 29.2 Å². The molecule has 1 aliphatic heterocycles. The Balaban J connectivity index is 1.57. The van der Waals surface area contributed by atoms with Crippen molar-refractivity contribution >= 4 is 5.91 Å². The number of nitrogens with zero attached hydrogens (tertiary/aromatic N) is 1. The molecule has 2 fully saturated rings. The van der Waals surface area contributed by atoms with Crippen molar-refractivity contribution in [2.45, 2.75) is 25.0 Å². The minimum Gasteiger partial charge on any atom is -0.384 e. The predicted molar refractivity (Wildman–Crippen MR) is 96.8 cm³/mol. The number of fused-ring (bicyclic) bond motifs is 2. The number of likely N-dealkylation sites (tertiary alicyclic amines) is 1. The molecule has 1 saturated heterocycles. The molecule has 0 aromatic heterocycles. The summed E-state index contributed by atoms with van der Waals surface area (Å²) in [5, 5.41) is 11.6. The largest absolute Gasteiger partial charge is 0.384 e. The molecule has 0 radical (unpaired) electrons. The summed E-state index contributed by atoms with van der Waals surface area (Å²) in [6, 6.07) is 17.7. The Bertz CT molecular complexity index is 760. The van der Waals surface area contributed by atoms with Crippen molar-refractivity contribution in [2.24, 2.45) is 17.6 Å². The second kappa shape index (κ2) is 6.28. The number of benzene rings is 2. The molecule has 4 nitrogen and oxygen atoms in total. The van der Waals surface area contributed by atoms with Crippen LogP contribution in [-0.2, 0) is 12.1 Å². The molecular formula is C21H24N2O2. The van der Waals surface area contributed by atoms with Gasteiger partial charge in [0.05, 0.1) is 5.60 Å². The standard InChI is InChI=1S/C21H24N2O2/c22-20(24)16-7-4-8-17(11-16)21(25)18-9-10-19(21)14-23(13-18)12-15-5-2-1-3-6-15/h1-8,11,18-19,25H,9-10,12-14H2,(H2,22,24). The lowest BCUT2D eigenvalue weighted by Gasteiger charge is -2.45. The number of hydrogen-bond acceptors (Lipinski definition) is 3. The van der Waals surface area contributed by atoms with Gasteiger partial charge < -0.3 is 10.8 Å². The molecule has 2 bridgehead atoms. The van der Waals surface area contributed by atoms with Gasteiger partial charge in [0.25, 0.3) is 0 Å². The zero-order valence-corrected chi connectivity index (χ0v) is 14.3. The summed E-state index contributed by atoms with van der Waals surface area (Å²) in [6.07, 6.45) is 2.04. The molecule has 1 saturated carbocycles. The summed E-state index contributed by atoms with van der Waals surface area (Å²) in [6.45, 7) is 2.68. The summed E-state index contributed by atoms with van der Waals surface area (Å²) < 4.78 is 0. The van der Waals surface area contributed by atoms with Gasteiger partial charge in [-0.1, -0.05) is 42.5 Å². The zero-order chi connectivity index (χ0) is 17.4. The lowest BCUT2D eigenvalue weighted by atomic mass is 9.75. The van der Waals surface area contributed by atoms with Gasteiger partial charge in [-0.25, -0.2) is 0 Å². The number of amides is 1. The Kier molecular flexibility index (Phi) is 4.10. The topological polar surface area (TPSA) is 66.6 Å². The highest BCUT2D eigenvalue weighted by Gasteiger charge is 2.53. The fourth-order valence-electron chi connectivity index (χ4n) is 4.70. The van der Waals surface area contributed by atoms with E-state index in [1.807, 2.05) is 18.2 Å². The van der Waals surface area contributed by atoms with Crippen molar-refractivity contribution in [1.29, 1.82) is 0 Å². The van der Waals surface area contributed by atoms with Crippen LogP contribution in [0, 0.1) is 11.8 Å². The molecule has 3 N–H and O–H groups in total. The van der Waals surface area contributed by atoms with E-state index >= 15 is 0 Å². The van der Waals surface area contributed by atoms with Crippen LogP contribution in [0.5, 0.6) is 0 Å². The van der Waals surface area contributed by atoms with Crippen molar-refractivity contribution in [1.82, 2.24) is 4.90 Å². The number of hydrogen-bond donors (Lipinski definition) is 2. The van der Waals surface area contributed by atoms with E-state index in [4.69, 9.17) is 5.73 Å². The molecule has 4 rings (SSSR count). The van der Waals surface area contributed by atoms with Crippen molar-refractivity contribution in [3.05, 3.63) is 71.3 Å². The summed E-state index contributed by atoms with van der Waals surface area (Å²) in [5.74, 6) is -0.0597. The molecule has 4 heteroatoms. The fraction of sp³-hybridized carbons (Fsp3) is 0.381. The van der Waals surface area contributed by atoms with Gasteiger partial charge in [0.1, 0.15) is 0 Å². The number of nitrogens with two attached hydrogens (primary N) is 1. The zero-order valence-electron chi connectivity index (χ0n) is 14.3. The minimum absolute atomic E-state index is 0.193. The Morgan fingerprint density at radius 3 is 2.40 bits per heavy atom. The Labute approximate surface area is 148 Å². The van der Waals surface area contributed by atoms with E-state index in [1.54, 1.807) is 12.1 Å². The van der Waals surface area contributed by atoms with Gasteiger partial charge in [-0.15, -0.1) is 0 Å². The number of piperidine rings is 1. The smallest absolute Gasteiger partial charge is 0.248 e. The molecule has 2 unspecified atom stereocenters. The first kappa shape index (κ1) is 16.3. The first-order valence-electron chi connectivity index (χ1n) is 8.96. The highest BCUT2D eigenvalue weighted by atomic mass is 16.3. The average molecular weight is 336 g/mol. The van der Waals surface area contributed by atoms with E-state index in [9.17, 15) is 9.90 Å². The van der Waals surface area contributed by atoms with Gasteiger partial charge in [-0.3, -0.25) is 9.69 Å². The van der Waals surface area contributed by atoms with Crippen LogP contribution in [0.3, 0.4) is 0 Å². The third kappa shape index (κ3) is 2.86. The highest BCUT2D eigenvalue weighted by Crippen LogP contribution is 2.51. The molecule has 1 amide bonds. The summed E-state index contributed by atoms with van der Waals surface area (Å²) >= 11 is 0. The number of rotatable bonds is 4. The van der Waals surface area contributed by atoms with E-state index < -0.39 is 11.5 Å². The van der Waals surface area contributed by atoms with Gasteiger partial charge in [0, 0.05) is 37.0 Å². The van der Waals surface area contributed by atoms with Crippen molar-refractivity contribution in [3.8, 4) is 0 Å². The second-order valence-electron chi connectivity index (χ2n) is 7.42. The minimum atomic E-state index is -0.849. The number of carbonyl (C=O) groups is 1. The van der Waals surface area contributed by atoms with E-state index in [0.29, 0.717) is 5.56 Å². The van der Waals surface area contributed by atoms with Gasteiger partial charge >= 0.3 is 0 Å². The van der Waals surface area contributed by atoms with Crippen LogP contribution < -0.4 is 5.73 Å². The SMILES string of the molecule is NC(=O)c1cccc(C2(O)C3CCC2CN(Cc2ccccc2)C3)c1. The van der Waals surface area contributed by atoms with Crippen LogP contribution in [0.25, 0.3) is 0 Å². The van der Waals surface area contributed by atoms with E-state index in [1.165, 1.54) is 5.56 Å². The predicted octanol–water partition coefficient (Wildman–Crippen LogP) is 2.52. The maximum atomic E-state index is 11.6. The van der Waals surface area contributed by atoms with Gasteiger partial charge in [0.15, 0.2) is 0 Å². The van der Waals surface area contributed by atoms with Gasteiger partial charge in [0.2, 0.25) is 5.91 Å². The lowest BCUT2D eigenvalue weighted by Crippen LogP contribution is -2.51. The van der Waals surface area contributed by atoms with Crippen LogP contribution in [0.15, 0.2) is 54.6 Å². The summed E-state index contributed by atoms with van der Waals surface area (Å²) in [5.41, 5.74) is 7.19. The molecule has 2 aliphatic rings. The summed E-state index contributed by atoms with van der Waals surface area (Å²) in [4.78, 5) is 14.0. The Morgan fingerprint density at radius 2 is 1.76 bits per heavy atom. The molecule has 1 aliphatic carbocycles. The number of aliphatic hydroxyl groups is 1. The molecule has 2 atom stereocenters. The van der Waals surface area contributed by atoms with Crippen LogP contribution in [0.4, 0.5) is 0 Å². The Morgan fingerprint density at radius 1 is 1.08 bits per heavy atom. The van der Waals surface area contributed by atoms with Gasteiger partial charge in [-0.05, 0) is 36.1 Å². The number of primary amides is 1. The van der Waals surface area contributed by atoms with Crippen LogP contribution in [0.1, 0.15) is 34.3 Å². The molecule has 2 aromatic rings. The number of carbonyl (C=O) groups excluding carboxylic acids is 1. The van der Waals surface area contributed by atoms with Crippen LogP contribution in [-0.4, -0.2) is 29.0 Å². The lowest BCUT2D eigenvalue weighted by molar-refractivity contribution is -0.0914. The van der Waals surface area contributed by atoms with Gasteiger partial charge in [-0.2, -0.15) is 0 Å². The molecule has 2 aromatic carbocycles. The van der Waals surface area contributed by atoms with Crippen molar-refractivity contribution in [2.75, 3.05) is 13.1 Å². The summed E-state index contributed by atoms with van der Waals surface area (Å²) in [7, 11) is 0. The molecule has 130 valence electrons. The quantitative estimate of drug-likeness (QED) is 0.901. The maximum Gasteiger partial charge on any atom is 0.248 e. The highest BCUT2D eigenvalue weighted by molar-refractivity contribution is 5.92. The molecule has 1 heterocycles. The molecular weight excluding hydrogens is 312 g/mol. The van der Waals surface area contributed by atoms with Crippen LogP contribution >= 0.6 is 0 Å². The fourth-order valence-corrected chi connectivity index (χ4v) is 4.70. The van der Waals surface area contributed by atoms with Crippen molar-refractivity contribution in [3.63, 3.8) is 0 Å². The average Bonchev–Trinajstić information content (AvgIpc) is 2.81. The van der Waals surface area contributed by atoms with E-state index in [0.717, 1.165) is 38.0 Å². The van der Waals surface area contributed by atoms with Crippen molar-refractivity contribution < 1.29 is 9.90 Å². The van der Waals surface area contributed by atoms with Crippen LogP contribution in [0.2, 0.25) is 0 Å². The molecule has 25 heavy (non-hydrogen) atoms. The Hall–Kier alpha value is -2.17. The monoisotopic (exact) mass is 336 g/mol. The van der Waals surface area contributed by atoms with E-state index in [-0.39, 0.29) is 11.8 Å². The molecule has 0 spiro atoms.